The van der Waals surface area contributed by atoms with E-state index in [1.165, 1.54) is 19.2 Å². The normalized spacial score (nSPS) is 14.7. The molecule has 6 nitrogen and oxygen atoms in total. The van der Waals surface area contributed by atoms with Crippen LogP contribution in [0.1, 0.15) is 20.3 Å². The number of amides is 1. The molecule has 0 heterocycles. The monoisotopic (exact) mass is 285 g/mol. The molecule has 0 aliphatic heterocycles. The third-order valence-corrected chi connectivity index (χ3v) is 4.42. The Morgan fingerprint density at radius 1 is 1.37 bits per heavy atom. The van der Waals surface area contributed by atoms with Crippen LogP contribution in [0.4, 0.5) is 5.69 Å². The molecule has 1 unspecified atom stereocenters. The average Bonchev–Trinajstić information content (AvgIpc) is 2.39. The van der Waals surface area contributed by atoms with Gasteiger partial charge >= 0.3 is 0 Å². The molecular weight excluding hydrogens is 266 g/mol. The van der Waals surface area contributed by atoms with Crippen LogP contribution in [0.3, 0.4) is 0 Å². The second-order valence-corrected chi connectivity index (χ2v) is 6.28. The topological polar surface area (TPSA) is 101 Å². The summed E-state index contributed by atoms with van der Waals surface area (Å²) in [5.74, 6) is -0.422. The molecule has 0 spiro atoms. The molecule has 0 saturated carbocycles. The molecule has 0 aromatic heterocycles. The second kappa shape index (κ2) is 5.68. The van der Waals surface area contributed by atoms with E-state index in [0.29, 0.717) is 6.42 Å². The molecule has 1 amide bonds. The number of anilines is 1. The largest absolute Gasteiger partial charge is 0.323 e. The van der Waals surface area contributed by atoms with Crippen molar-refractivity contribution in [3.63, 3.8) is 0 Å². The van der Waals surface area contributed by atoms with Gasteiger partial charge in [-0.15, -0.1) is 0 Å². The molecule has 106 valence electrons. The SMILES string of the molecule is CCC(C)(N)C(=O)Nc1ccccc1S(=O)(=O)NC. The zero-order valence-corrected chi connectivity index (χ0v) is 12.0. The molecule has 19 heavy (non-hydrogen) atoms. The van der Waals surface area contributed by atoms with Gasteiger partial charge in [-0.1, -0.05) is 19.1 Å². The Hall–Kier alpha value is -1.44. The lowest BCUT2D eigenvalue weighted by atomic mass is 9.99. The second-order valence-electron chi connectivity index (χ2n) is 4.43. The van der Waals surface area contributed by atoms with Crippen molar-refractivity contribution >= 4 is 21.6 Å². The van der Waals surface area contributed by atoms with Gasteiger partial charge in [0.1, 0.15) is 4.90 Å². The minimum atomic E-state index is -3.63. The highest BCUT2D eigenvalue weighted by atomic mass is 32.2. The van der Waals surface area contributed by atoms with Gasteiger partial charge in [-0.3, -0.25) is 4.79 Å². The summed E-state index contributed by atoms with van der Waals surface area (Å²) in [5, 5.41) is 2.56. The number of nitrogens with two attached hydrogens (primary N) is 1. The van der Waals surface area contributed by atoms with Crippen LogP contribution in [-0.4, -0.2) is 26.9 Å². The molecule has 1 rings (SSSR count). The minimum absolute atomic E-state index is 0.0118. The number of nitrogens with one attached hydrogen (secondary N) is 2. The third kappa shape index (κ3) is 3.52. The van der Waals surface area contributed by atoms with E-state index in [0.717, 1.165) is 0 Å². The number of sulfonamides is 1. The molecule has 4 N–H and O–H groups in total. The van der Waals surface area contributed by atoms with Crippen LogP contribution in [0.2, 0.25) is 0 Å². The van der Waals surface area contributed by atoms with E-state index in [4.69, 9.17) is 5.73 Å². The van der Waals surface area contributed by atoms with Crippen molar-refractivity contribution in [2.45, 2.75) is 30.7 Å². The summed E-state index contributed by atoms with van der Waals surface area (Å²) in [6.07, 6.45) is 0.444. The van der Waals surface area contributed by atoms with E-state index in [-0.39, 0.29) is 10.6 Å². The van der Waals surface area contributed by atoms with Gasteiger partial charge in [-0.05, 0) is 32.5 Å². The molecule has 7 heteroatoms. The Bertz CT molecular complexity index is 567. The maximum atomic E-state index is 12.0. The predicted molar refractivity (Wildman–Crippen MR) is 74.2 cm³/mol. The Morgan fingerprint density at radius 3 is 2.47 bits per heavy atom. The molecule has 0 aliphatic rings. The van der Waals surface area contributed by atoms with E-state index in [1.54, 1.807) is 26.0 Å². The van der Waals surface area contributed by atoms with Gasteiger partial charge < -0.3 is 11.1 Å². The number of hydrogen-bond acceptors (Lipinski definition) is 4. The van der Waals surface area contributed by atoms with Crippen molar-refractivity contribution in [3.05, 3.63) is 24.3 Å². The van der Waals surface area contributed by atoms with Crippen LogP contribution >= 0.6 is 0 Å². The third-order valence-electron chi connectivity index (χ3n) is 2.95. The molecule has 1 aromatic rings. The van der Waals surface area contributed by atoms with Crippen LogP contribution in [0.25, 0.3) is 0 Å². The van der Waals surface area contributed by atoms with Crippen LogP contribution in [0.5, 0.6) is 0 Å². The highest BCUT2D eigenvalue weighted by Gasteiger charge is 2.27. The first-order valence-electron chi connectivity index (χ1n) is 5.87. The van der Waals surface area contributed by atoms with Crippen molar-refractivity contribution in [2.24, 2.45) is 5.73 Å². The van der Waals surface area contributed by atoms with Crippen molar-refractivity contribution < 1.29 is 13.2 Å². The highest BCUT2D eigenvalue weighted by Crippen LogP contribution is 2.21. The van der Waals surface area contributed by atoms with Crippen LogP contribution in [-0.2, 0) is 14.8 Å². The smallest absolute Gasteiger partial charge is 0.244 e. The van der Waals surface area contributed by atoms with Crippen molar-refractivity contribution in [3.8, 4) is 0 Å². The summed E-state index contributed by atoms with van der Waals surface area (Å²) >= 11 is 0. The summed E-state index contributed by atoms with van der Waals surface area (Å²) < 4.78 is 25.9. The van der Waals surface area contributed by atoms with E-state index < -0.39 is 21.5 Å². The van der Waals surface area contributed by atoms with Gasteiger partial charge in [-0.2, -0.15) is 0 Å². The first-order chi connectivity index (χ1) is 8.74. The summed E-state index contributed by atoms with van der Waals surface area (Å²) in [4.78, 5) is 12.0. The lowest BCUT2D eigenvalue weighted by molar-refractivity contribution is -0.120. The van der Waals surface area contributed by atoms with Gasteiger partial charge in [0.2, 0.25) is 15.9 Å². The first-order valence-corrected chi connectivity index (χ1v) is 7.36. The standard InChI is InChI=1S/C12H19N3O3S/c1-4-12(2,13)11(16)15-9-7-5-6-8-10(9)19(17,18)14-3/h5-8,14H,4,13H2,1-3H3,(H,15,16). The molecular formula is C12H19N3O3S. The van der Waals surface area contributed by atoms with Crippen molar-refractivity contribution in [2.75, 3.05) is 12.4 Å². The van der Waals surface area contributed by atoms with Crippen LogP contribution < -0.4 is 15.8 Å². The van der Waals surface area contributed by atoms with Crippen LogP contribution in [0.15, 0.2) is 29.2 Å². The Kier molecular flexibility index (Phi) is 4.67. The molecule has 1 aromatic carbocycles. The number of para-hydroxylation sites is 1. The zero-order valence-electron chi connectivity index (χ0n) is 11.2. The maximum Gasteiger partial charge on any atom is 0.244 e. The minimum Gasteiger partial charge on any atom is -0.323 e. The van der Waals surface area contributed by atoms with E-state index >= 15 is 0 Å². The van der Waals surface area contributed by atoms with Gasteiger partial charge in [0.05, 0.1) is 11.2 Å². The van der Waals surface area contributed by atoms with E-state index in [2.05, 4.69) is 10.0 Å². The average molecular weight is 285 g/mol. The fraction of sp³-hybridized carbons (Fsp3) is 0.417. The summed E-state index contributed by atoms with van der Waals surface area (Å²) in [5.41, 5.74) is 4.99. The molecule has 0 aliphatic carbocycles. The number of benzene rings is 1. The zero-order chi connectivity index (χ0) is 14.7. The molecule has 0 fully saturated rings. The Morgan fingerprint density at radius 2 is 1.95 bits per heavy atom. The summed E-state index contributed by atoms with van der Waals surface area (Å²) in [6, 6.07) is 6.17. The first kappa shape index (κ1) is 15.6. The van der Waals surface area contributed by atoms with Crippen molar-refractivity contribution in [1.29, 1.82) is 0 Å². The lowest BCUT2D eigenvalue weighted by Crippen LogP contribution is -2.48. The number of carbonyl (C=O) groups is 1. The lowest BCUT2D eigenvalue weighted by Gasteiger charge is -2.22. The van der Waals surface area contributed by atoms with E-state index in [9.17, 15) is 13.2 Å². The number of carbonyl (C=O) groups excluding carboxylic acids is 1. The van der Waals surface area contributed by atoms with Gasteiger partial charge in [0.25, 0.3) is 0 Å². The van der Waals surface area contributed by atoms with E-state index in [1.807, 2.05) is 0 Å². The fourth-order valence-corrected chi connectivity index (χ4v) is 2.23. The summed E-state index contributed by atoms with van der Waals surface area (Å²) in [6.45, 7) is 3.38. The summed E-state index contributed by atoms with van der Waals surface area (Å²) in [7, 11) is -2.32. The number of hydrogen-bond donors (Lipinski definition) is 3. The van der Waals surface area contributed by atoms with Gasteiger partial charge in [0, 0.05) is 0 Å². The Labute approximate surface area is 113 Å². The van der Waals surface area contributed by atoms with Gasteiger partial charge in [0.15, 0.2) is 0 Å². The molecule has 0 bridgehead atoms. The Balaban J connectivity index is 3.14. The highest BCUT2D eigenvalue weighted by molar-refractivity contribution is 7.89. The van der Waals surface area contributed by atoms with Crippen molar-refractivity contribution in [1.82, 2.24) is 4.72 Å². The quantitative estimate of drug-likeness (QED) is 0.739. The molecule has 1 atom stereocenters. The molecule has 0 saturated heterocycles. The number of rotatable bonds is 5. The van der Waals surface area contributed by atoms with Gasteiger partial charge in [-0.25, -0.2) is 13.1 Å². The predicted octanol–water partition coefficient (Wildman–Crippen LogP) is 0.661. The molecule has 0 radical (unpaired) electrons. The van der Waals surface area contributed by atoms with Crippen LogP contribution in [0, 0.1) is 0 Å². The fourth-order valence-electron chi connectivity index (χ4n) is 1.34. The maximum absolute atomic E-state index is 12.0.